The summed E-state index contributed by atoms with van der Waals surface area (Å²) in [5.41, 5.74) is 1.46. The van der Waals surface area contributed by atoms with E-state index in [9.17, 15) is 10.2 Å². The van der Waals surface area contributed by atoms with Gasteiger partial charge in [-0.2, -0.15) is 0 Å². The van der Waals surface area contributed by atoms with Crippen molar-refractivity contribution in [1.82, 2.24) is 4.90 Å². The highest BCUT2D eigenvalue weighted by atomic mass is 16.5. The summed E-state index contributed by atoms with van der Waals surface area (Å²) in [5.74, 6) is 1.56. The van der Waals surface area contributed by atoms with Gasteiger partial charge in [-0.15, -0.1) is 0 Å². The van der Waals surface area contributed by atoms with E-state index in [0.29, 0.717) is 13.0 Å². The van der Waals surface area contributed by atoms with Crippen LogP contribution in [0, 0.1) is 0 Å². The number of hydrogen-bond acceptors (Lipinski definition) is 5. The van der Waals surface area contributed by atoms with E-state index >= 15 is 0 Å². The number of aliphatic hydroxyl groups excluding tert-OH is 2. The average Bonchev–Trinajstić information content (AvgIpc) is 2.70. The lowest BCUT2D eigenvalue weighted by Crippen LogP contribution is -2.51. The van der Waals surface area contributed by atoms with Crippen LogP contribution in [0.1, 0.15) is 42.6 Å². The summed E-state index contributed by atoms with van der Waals surface area (Å²) in [6.07, 6.45) is 1.32. The molecule has 0 aliphatic carbocycles. The van der Waals surface area contributed by atoms with Crippen molar-refractivity contribution in [2.75, 3.05) is 26.7 Å². The van der Waals surface area contributed by atoms with Gasteiger partial charge in [0.05, 0.1) is 19.3 Å². The SMILES string of the molecule is COc1cccc([C@@H](O)CN2CCC3(CC2)C[C@H](O)c2ccccc2O3)c1. The number of benzene rings is 2. The first-order chi connectivity index (χ1) is 13.1. The topological polar surface area (TPSA) is 62.2 Å². The lowest BCUT2D eigenvalue weighted by Gasteiger charge is -2.46. The van der Waals surface area contributed by atoms with Crippen molar-refractivity contribution >= 4 is 0 Å². The Morgan fingerprint density at radius 2 is 1.96 bits per heavy atom. The predicted octanol–water partition coefficient (Wildman–Crippen LogP) is 3.08. The molecule has 0 amide bonds. The number of β-amino-alcohol motifs (C(OH)–C–C–N with tert-alkyl or cyclic N) is 1. The van der Waals surface area contributed by atoms with Crippen LogP contribution < -0.4 is 9.47 Å². The first-order valence-electron chi connectivity index (χ1n) is 9.59. The van der Waals surface area contributed by atoms with Crippen LogP contribution in [0.15, 0.2) is 48.5 Å². The van der Waals surface area contributed by atoms with Crippen molar-refractivity contribution in [2.24, 2.45) is 0 Å². The van der Waals surface area contributed by atoms with E-state index in [1.165, 1.54) is 0 Å². The minimum Gasteiger partial charge on any atom is -0.497 e. The Balaban J connectivity index is 1.38. The lowest BCUT2D eigenvalue weighted by atomic mass is 9.81. The van der Waals surface area contributed by atoms with Crippen LogP contribution in [0.4, 0.5) is 0 Å². The maximum absolute atomic E-state index is 10.6. The largest absolute Gasteiger partial charge is 0.497 e. The van der Waals surface area contributed by atoms with Gasteiger partial charge in [-0.25, -0.2) is 0 Å². The number of likely N-dealkylation sites (tertiary alicyclic amines) is 1. The molecule has 1 fully saturated rings. The maximum atomic E-state index is 10.6. The third-order valence-corrected chi connectivity index (χ3v) is 5.85. The second-order valence-corrected chi connectivity index (χ2v) is 7.64. The van der Waals surface area contributed by atoms with Gasteiger partial charge in [0.15, 0.2) is 0 Å². The highest BCUT2D eigenvalue weighted by Crippen LogP contribution is 2.44. The van der Waals surface area contributed by atoms with E-state index in [1.807, 2.05) is 48.5 Å². The van der Waals surface area contributed by atoms with E-state index in [4.69, 9.17) is 9.47 Å². The fourth-order valence-electron chi connectivity index (χ4n) is 4.23. The molecule has 5 heteroatoms. The van der Waals surface area contributed by atoms with Gasteiger partial charge in [0, 0.05) is 31.6 Å². The van der Waals surface area contributed by atoms with Crippen molar-refractivity contribution in [2.45, 2.75) is 37.1 Å². The van der Waals surface area contributed by atoms with E-state index in [2.05, 4.69) is 4.90 Å². The van der Waals surface area contributed by atoms with Crippen molar-refractivity contribution in [3.8, 4) is 11.5 Å². The van der Waals surface area contributed by atoms with Crippen LogP contribution in [-0.4, -0.2) is 47.5 Å². The van der Waals surface area contributed by atoms with Crippen LogP contribution in [0.25, 0.3) is 0 Å². The van der Waals surface area contributed by atoms with Gasteiger partial charge in [0.25, 0.3) is 0 Å². The Hall–Kier alpha value is -2.08. The first kappa shape index (κ1) is 18.3. The molecule has 0 bridgehead atoms. The van der Waals surface area contributed by atoms with Gasteiger partial charge < -0.3 is 24.6 Å². The number of fused-ring (bicyclic) bond motifs is 1. The van der Waals surface area contributed by atoms with E-state index in [1.54, 1.807) is 7.11 Å². The smallest absolute Gasteiger partial charge is 0.125 e. The Labute approximate surface area is 160 Å². The fourth-order valence-corrected chi connectivity index (χ4v) is 4.23. The molecule has 2 atom stereocenters. The van der Waals surface area contributed by atoms with Gasteiger partial charge in [0.1, 0.15) is 17.1 Å². The molecule has 1 saturated heterocycles. The Morgan fingerprint density at radius 1 is 1.19 bits per heavy atom. The third kappa shape index (κ3) is 3.81. The maximum Gasteiger partial charge on any atom is 0.125 e. The number of nitrogens with zero attached hydrogens (tertiary/aromatic N) is 1. The number of para-hydroxylation sites is 1. The molecule has 0 unspecified atom stereocenters. The van der Waals surface area contributed by atoms with Crippen LogP contribution in [0.5, 0.6) is 11.5 Å². The summed E-state index contributed by atoms with van der Waals surface area (Å²) < 4.78 is 11.6. The normalized spacial score (nSPS) is 22.7. The molecule has 2 aliphatic rings. The van der Waals surface area contributed by atoms with Crippen molar-refractivity contribution in [1.29, 1.82) is 0 Å². The number of piperidine rings is 1. The molecule has 27 heavy (non-hydrogen) atoms. The standard InChI is InChI=1S/C22H27NO4/c1-26-17-6-4-5-16(13-17)20(25)15-23-11-9-22(10-12-23)14-19(24)18-7-2-3-8-21(18)27-22/h2-8,13,19-20,24-25H,9-12,14-15H2,1H3/t19-,20-/m0/s1. The zero-order valence-corrected chi connectivity index (χ0v) is 15.7. The van der Waals surface area contributed by atoms with E-state index < -0.39 is 12.2 Å². The van der Waals surface area contributed by atoms with Gasteiger partial charge in [0.2, 0.25) is 0 Å². The summed E-state index contributed by atoms with van der Waals surface area (Å²) in [7, 11) is 1.63. The minimum absolute atomic E-state index is 0.300. The molecular weight excluding hydrogens is 342 g/mol. The predicted molar refractivity (Wildman–Crippen MR) is 103 cm³/mol. The molecule has 2 aromatic carbocycles. The van der Waals surface area contributed by atoms with Gasteiger partial charge in [-0.1, -0.05) is 30.3 Å². The number of aliphatic hydroxyl groups is 2. The number of rotatable bonds is 4. The van der Waals surface area contributed by atoms with E-state index in [-0.39, 0.29) is 5.60 Å². The average molecular weight is 369 g/mol. The molecule has 4 rings (SSSR count). The summed E-state index contributed by atoms with van der Waals surface area (Å²) in [5, 5.41) is 21.1. The molecule has 0 saturated carbocycles. The number of hydrogen-bond donors (Lipinski definition) is 2. The molecule has 2 heterocycles. The molecule has 2 aliphatic heterocycles. The fraction of sp³-hybridized carbons (Fsp3) is 0.455. The van der Waals surface area contributed by atoms with Crippen LogP contribution >= 0.6 is 0 Å². The van der Waals surface area contributed by atoms with Crippen LogP contribution in [0.3, 0.4) is 0 Å². The highest BCUT2D eigenvalue weighted by molar-refractivity contribution is 5.38. The van der Waals surface area contributed by atoms with Gasteiger partial charge >= 0.3 is 0 Å². The lowest BCUT2D eigenvalue weighted by molar-refractivity contribution is -0.0587. The van der Waals surface area contributed by atoms with Crippen molar-refractivity contribution in [3.05, 3.63) is 59.7 Å². The summed E-state index contributed by atoms with van der Waals surface area (Å²) in [6.45, 7) is 2.27. The number of ether oxygens (including phenoxy) is 2. The third-order valence-electron chi connectivity index (χ3n) is 5.85. The summed E-state index contributed by atoms with van der Waals surface area (Å²) >= 11 is 0. The molecule has 144 valence electrons. The van der Waals surface area contributed by atoms with Crippen molar-refractivity contribution in [3.63, 3.8) is 0 Å². The first-order valence-corrected chi connectivity index (χ1v) is 9.59. The summed E-state index contributed by atoms with van der Waals surface area (Å²) in [6, 6.07) is 15.4. The van der Waals surface area contributed by atoms with Gasteiger partial charge in [-0.3, -0.25) is 0 Å². The second-order valence-electron chi connectivity index (χ2n) is 7.64. The minimum atomic E-state index is -0.548. The molecule has 1 spiro atoms. The molecule has 0 aromatic heterocycles. The Bertz CT molecular complexity index is 785. The zero-order valence-electron chi connectivity index (χ0n) is 15.7. The summed E-state index contributed by atoms with van der Waals surface area (Å²) in [4.78, 5) is 2.27. The quantitative estimate of drug-likeness (QED) is 0.867. The number of methoxy groups -OCH3 is 1. The zero-order chi connectivity index (χ0) is 18.9. The molecule has 0 radical (unpaired) electrons. The van der Waals surface area contributed by atoms with Crippen molar-refractivity contribution < 1.29 is 19.7 Å². The molecule has 2 aromatic rings. The molecular formula is C22H27NO4. The van der Waals surface area contributed by atoms with Crippen LogP contribution in [-0.2, 0) is 0 Å². The molecule has 5 nitrogen and oxygen atoms in total. The Kier molecular flexibility index (Phi) is 5.08. The second kappa shape index (κ2) is 7.50. The highest BCUT2D eigenvalue weighted by Gasteiger charge is 2.42. The molecule has 2 N–H and O–H groups in total. The monoisotopic (exact) mass is 369 g/mol. The van der Waals surface area contributed by atoms with Crippen LogP contribution in [0.2, 0.25) is 0 Å². The Morgan fingerprint density at radius 3 is 2.74 bits per heavy atom. The van der Waals surface area contributed by atoms with E-state index in [0.717, 1.165) is 48.6 Å². The van der Waals surface area contributed by atoms with Gasteiger partial charge in [-0.05, 0) is 36.6 Å².